The van der Waals surface area contributed by atoms with Crippen LogP contribution in [0.1, 0.15) is 29.1 Å². The fourth-order valence-electron chi connectivity index (χ4n) is 3.57. The van der Waals surface area contributed by atoms with Crippen LogP contribution < -0.4 is 4.74 Å². The molecule has 5 nitrogen and oxygen atoms in total. The number of nitrogens with zero attached hydrogens (tertiary/aromatic N) is 4. The molecular formula is C19H21F3N4O. The van der Waals surface area contributed by atoms with Crippen molar-refractivity contribution in [1.29, 1.82) is 5.26 Å². The number of ether oxygens (including phenoxy) is 1. The standard InChI is InChI=1S/C19H21F3N4O/c1-25(11-15-7-13(8-23)3-5-16(15)27-2)9-14-4-6-18-24-17(19(20,21)22)12-26(18)10-14/h3,5,7,12,14H,4,6,9-11H2,1-2H3/t14-/m0/s1. The van der Waals surface area contributed by atoms with Crippen molar-refractivity contribution in [2.75, 3.05) is 20.7 Å². The van der Waals surface area contributed by atoms with Crippen LogP contribution in [-0.4, -0.2) is 35.2 Å². The summed E-state index contributed by atoms with van der Waals surface area (Å²) in [5.74, 6) is 1.46. The number of aryl methyl sites for hydroxylation is 1. The van der Waals surface area contributed by atoms with Crippen molar-refractivity contribution in [2.45, 2.75) is 32.1 Å². The van der Waals surface area contributed by atoms with Crippen LogP contribution in [-0.2, 0) is 25.7 Å². The molecule has 0 amide bonds. The van der Waals surface area contributed by atoms with Crippen molar-refractivity contribution in [2.24, 2.45) is 5.92 Å². The number of imidazole rings is 1. The van der Waals surface area contributed by atoms with Crippen LogP contribution in [0.25, 0.3) is 0 Å². The molecule has 3 rings (SSSR count). The van der Waals surface area contributed by atoms with Gasteiger partial charge in [-0.3, -0.25) is 0 Å². The van der Waals surface area contributed by atoms with Gasteiger partial charge in [0.05, 0.1) is 18.7 Å². The molecule has 144 valence electrons. The average molecular weight is 378 g/mol. The third-order valence-corrected chi connectivity index (χ3v) is 4.80. The summed E-state index contributed by atoms with van der Waals surface area (Å²) in [5.41, 5.74) is 0.668. The summed E-state index contributed by atoms with van der Waals surface area (Å²) >= 11 is 0. The van der Waals surface area contributed by atoms with E-state index < -0.39 is 11.9 Å². The Bertz CT molecular complexity index is 854. The Balaban J connectivity index is 1.65. The van der Waals surface area contributed by atoms with E-state index in [-0.39, 0.29) is 5.92 Å². The molecule has 2 aromatic rings. The number of alkyl halides is 3. The molecule has 1 atom stereocenters. The fourth-order valence-corrected chi connectivity index (χ4v) is 3.57. The first-order valence-corrected chi connectivity index (χ1v) is 8.69. The molecule has 8 heteroatoms. The molecule has 0 N–H and O–H groups in total. The number of benzene rings is 1. The van der Waals surface area contributed by atoms with E-state index in [1.165, 1.54) is 0 Å². The largest absolute Gasteiger partial charge is 0.496 e. The molecule has 0 spiro atoms. The highest BCUT2D eigenvalue weighted by molar-refractivity contribution is 5.42. The lowest BCUT2D eigenvalue weighted by Crippen LogP contribution is -2.31. The van der Waals surface area contributed by atoms with Crippen LogP contribution in [0.2, 0.25) is 0 Å². The van der Waals surface area contributed by atoms with Crippen LogP contribution in [0.15, 0.2) is 24.4 Å². The molecule has 1 aliphatic heterocycles. The van der Waals surface area contributed by atoms with E-state index in [1.807, 2.05) is 7.05 Å². The predicted molar refractivity (Wildman–Crippen MR) is 93.1 cm³/mol. The van der Waals surface area contributed by atoms with E-state index >= 15 is 0 Å². The fraction of sp³-hybridized carbons (Fsp3) is 0.474. The maximum absolute atomic E-state index is 12.8. The molecule has 27 heavy (non-hydrogen) atoms. The lowest BCUT2D eigenvalue weighted by molar-refractivity contribution is -0.141. The van der Waals surface area contributed by atoms with Gasteiger partial charge in [-0.15, -0.1) is 0 Å². The number of nitriles is 1. The molecular weight excluding hydrogens is 357 g/mol. The normalized spacial score (nSPS) is 16.9. The lowest BCUT2D eigenvalue weighted by atomic mass is 9.98. The summed E-state index contributed by atoms with van der Waals surface area (Å²) in [6, 6.07) is 7.41. The zero-order valence-corrected chi connectivity index (χ0v) is 15.3. The summed E-state index contributed by atoms with van der Waals surface area (Å²) in [6.45, 7) is 1.86. The van der Waals surface area contributed by atoms with E-state index in [2.05, 4.69) is 16.0 Å². The van der Waals surface area contributed by atoms with Crippen LogP contribution in [0.5, 0.6) is 5.75 Å². The summed E-state index contributed by atoms with van der Waals surface area (Å²) < 4.78 is 45.5. The van der Waals surface area contributed by atoms with Crippen LogP contribution >= 0.6 is 0 Å². The zero-order valence-electron chi connectivity index (χ0n) is 15.3. The highest BCUT2D eigenvalue weighted by Crippen LogP contribution is 2.31. The molecule has 0 aliphatic carbocycles. The Labute approximate surface area is 156 Å². The van der Waals surface area contributed by atoms with Crippen molar-refractivity contribution in [3.05, 3.63) is 47.0 Å². The summed E-state index contributed by atoms with van der Waals surface area (Å²) in [5, 5.41) is 9.08. The van der Waals surface area contributed by atoms with Gasteiger partial charge < -0.3 is 14.2 Å². The number of hydrogen-bond donors (Lipinski definition) is 0. The third-order valence-electron chi connectivity index (χ3n) is 4.80. The molecule has 2 heterocycles. The highest BCUT2D eigenvalue weighted by atomic mass is 19.4. The Morgan fingerprint density at radius 3 is 2.85 bits per heavy atom. The van der Waals surface area contributed by atoms with Crippen LogP contribution in [0.3, 0.4) is 0 Å². The maximum Gasteiger partial charge on any atom is 0.434 e. The number of rotatable bonds is 5. The van der Waals surface area contributed by atoms with Gasteiger partial charge in [0.25, 0.3) is 0 Å². The van der Waals surface area contributed by atoms with Gasteiger partial charge in [-0.25, -0.2) is 4.98 Å². The highest BCUT2D eigenvalue weighted by Gasteiger charge is 2.35. The second kappa shape index (κ2) is 7.61. The quantitative estimate of drug-likeness (QED) is 0.799. The lowest BCUT2D eigenvalue weighted by Gasteiger charge is -2.28. The monoisotopic (exact) mass is 378 g/mol. The minimum atomic E-state index is -4.40. The van der Waals surface area contributed by atoms with Gasteiger partial charge in [-0.2, -0.15) is 18.4 Å². The van der Waals surface area contributed by atoms with Gasteiger partial charge >= 0.3 is 6.18 Å². The molecule has 0 bridgehead atoms. The van der Waals surface area contributed by atoms with Crippen LogP contribution in [0.4, 0.5) is 13.2 Å². The Hall–Kier alpha value is -2.53. The first kappa shape index (κ1) is 19.2. The third kappa shape index (κ3) is 4.42. The zero-order chi connectivity index (χ0) is 19.6. The smallest absolute Gasteiger partial charge is 0.434 e. The number of halogens is 3. The minimum Gasteiger partial charge on any atom is -0.496 e. The van der Waals surface area contributed by atoms with Crippen LogP contribution in [0, 0.1) is 17.2 Å². The number of methoxy groups -OCH3 is 1. The summed E-state index contributed by atoms with van der Waals surface area (Å²) in [4.78, 5) is 5.83. The number of aromatic nitrogens is 2. The summed E-state index contributed by atoms with van der Waals surface area (Å²) in [6.07, 6.45) is -1.95. The Kier molecular flexibility index (Phi) is 5.42. The molecule has 0 unspecified atom stereocenters. The summed E-state index contributed by atoms with van der Waals surface area (Å²) in [7, 11) is 3.55. The van der Waals surface area contributed by atoms with Gasteiger partial charge in [0.1, 0.15) is 11.6 Å². The van der Waals surface area contributed by atoms with Crippen molar-refractivity contribution >= 4 is 0 Å². The number of fused-ring (bicyclic) bond motifs is 1. The first-order valence-electron chi connectivity index (χ1n) is 8.69. The van der Waals surface area contributed by atoms with Crippen molar-refractivity contribution in [3.63, 3.8) is 0 Å². The van der Waals surface area contributed by atoms with E-state index in [1.54, 1.807) is 29.9 Å². The molecule has 1 aromatic heterocycles. The predicted octanol–water partition coefficient (Wildman–Crippen LogP) is 3.48. The first-order chi connectivity index (χ1) is 12.8. The van der Waals surface area contributed by atoms with E-state index in [9.17, 15) is 13.2 Å². The van der Waals surface area contributed by atoms with Gasteiger partial charge in [-0.05, 0) is 37.6 Å². The van der Waals surface area contributed by atoms with E-state index in [4.69, 9.17) is 10.00 Å². The van der Waals surface area contributed by atoms with Crippen molar-refractivity contribution in [1.82, 2.24) is 14.5 Å². The molecule has 0 saturated heterocycles. The van der Waals surface area contributed by atoms with Gasteiger partial charge in [0, 0.05) is 37.8 Å². The molecule has 0 fully saturated rings. The average Bonchev–Trinajstić information content (AvgIpc) is 3.05. The second-order valence-corrected chi connectivity index (χ2v) is 6.93. The van der Waals surface area contributed by atoms with Gasteiger partial charge in [0.15, 0.2) is 5.69 Å². The number of hydrogen-bond acceptors (Lipinski definition) is 4. The molecule has 0 radical (unpaired) electrons. The molecule has 1 aliphatic rings. The second-order valence-electron chi connectivity index (χ2n) is 6.93. The molecule has 1 aromatic carbocycles. The topological polar surface area (TPSA) is 54.1 Å². The molecule has 0 saturated carbocycles. The van der Waals surface area contributed by atoms with Gasteiger partial charge in [0.2, 0.25) is 0 Å². The Morgan fingerprint density at radius 1 is 1.41 bits per heavy atom. The van der Waals surface area contributed by atoms with Gasteiger partial charge in [-0.1, -0.05) is 0 Å². The van der Waals surface area contributed by atoms with E-state index in [0.29, 0.717) is 30.9 Å². The maximum atomic E-state index is 12.8. The Morgan fingerprint density at radius 2 is 2.19 bits per heavy atom. The SMILES string of the molecule is COc1ccc(C#N)cc1CN(C)C[C@@H]1CCc2nc(C(F)(F)F)cn2C1. The minimum absolute atomic E-state index is 0.239. The van der Waals surface area contributed by atoms with E-state index in [0.717, 1.165) is 30.5 Å². The van der Waals surface area contributed by atoms with Crippen molar-refractivity contribution in [3.8, 4) is 11.8 Å². The van der Waals surface area contributed by atoms with Crippen molar-refractivity contribution < 1.29 is 17.9 Å².